The second-order valence-electron chi connectivity index (χ2n) is 6.72. The van der Waals surface area contributed by atoms with Crippen LogP contribution in [0.5, 0.6) is 0 Å². The molecule has 28 heavy (non-hydrogen) atoms. The van der Waals surface area contributed by atoms with Crippen molar-refractivity contribution in [2.24, 2.45) is 0 Å². The first-order chi connectivity index (χ1) is 13.3. The largest absolute Gasteiger partial charge is 0.283 e. The average molecular weight is 417 g/mol. The van der Waals surface area contributed by atoms with E-state index in [1.165, 1.54) is 0 Å². The zero-order valence-electron chi connectivity index (χ0n) is 15.7. The van der Waals surface area contributed by atoms with Crippen LogP contribution in [0.2, 0.25) is 5.02 Å². The van der Waals surface area contributed by atoms with Gasteiger partial charge in [-0.1, -0.05) is 36.7 Å². The number of benzene rings is 2. The van der Waals surface area contributed by atoms with Crippen LogP contribution in [-0.4, -0.2) is 24.5 Å². The molecular weight excluding hydrogens is 396 g/mol. The Labute approximate surface area is 169 Å². The molecule has 1 atom stereocenters. The summed E-state index contributed by atoms with van der Waals surface area (Å²) in [5, 5.41) is 15.2. The highest BCUT2D eigenvalue weighted by atomic mass is 35.5. The maximum Gasteiger partial charge on any atom is 0.229 e. The van der Waals surface area contributed by atoms with E-state index < -0.39 is 15.6 Å². The van der Waals surface area contributed by atoms with Gasteiger partial charge >= 0.3 is 0 Å². The van der Waals surface area contributed by atoms with Gasteiger partial charge in [0, 0.05) is 16.8 Å². The number of fused-ring (bicyclic) bond motifs is 1. The lowest BCUT2D eigenvalue weighted by atomic mass is 9.83. The van der Waals surface area contributed by atoms with E-state index in [-0.39, 0.29) is 0 Å². The number of sulfonamides is 1. The van der Waals surface area contributed by atoms with Crippen molar-refractivity contribution < 1.29 is 8.42 Å². The van der Waals surface area contributed by atoms with Gasteiger partial charge in [0.25, 0.3) is 0 Å². The summed E-state index contributed by atoms with van der Waals surface area (Å²) < 4.78 is 27.9. The summed E-state index contributed by atoms with van der Waals surface area (Å²) in [5.41, 5.74) is 1.73. The Hall–Kier alpha value is -2.56. The summed E-state index contributed by atoms with van der Waals surface area (Å²) in [4.78, 5) is 0. The molecule has 1 N–H and O–H groups in total. The Balaban J connectivity index is 2.23. The van der Waals surface area contributed by atoms with E-state index in [1.54, 1.807) is 18.3 Å². The van der Waals surface area contributed by atoms with E-state index in [0.717, 1.165) is 17.3 Å². The number of nitriles is 1. The topological polar surface area (TPSA) is 87.8 Å². The average Bonchev–Trinajstić information content (AvgIpc) is 3.09. The van der Waals surface area contributed by atoms with Crippen LogP contribution >= 0.6 is 11.6 Å². The van der Waals surface area contributed by atoms with E-state index in [9.17, 15) is 13.7 Å². The second-order valence-corrected chi connectivity index (χ2v) is 8.90. The van der Waals surface area contributed by atoms with Gasteiger partial charge in [0.2, 0.25) is 10.0 Å². The lowest BCUT2D eigenvalue weighted by Gasteiger charge is -2.34. The lowest BCUT2D eigenvalue weighted by molar-refractivity contribution is 0.298. The predicted molar refractivity (Wildman–Crippen MR) is 112 cm³/mol. The molecule has 0 fully saturated rings. The minimum absolute atomic E-state index is 0.360. The number of nitrogens with one attached hydrogen (secondary N) is 1. The Morgan fingerprint density at radius 2 is 1.96 bits per heavy atom. The zero-order valence-corrected chi connectivity index (χ0v) is 17.3. The molecule has 0 aliphatic heterocycles. The molecule has 1 aromatic heterocycles. The van der Waals surface area contributed by atoms with Gasteiger partial charge in [-0.2, -0.15) is 10.4 Å². The molecule has 0 amide bonds. The minimum atomic E-state index is -3.42. The summed E-state index contributed by atoms with van der Waals surface area (Å²) >= 11 is 6.07. The van der Waals surface area contributed by atoms with Gasteiger partial charge in [-0.25, -0.2) is 8.42 Å². The van der Waals surface area contributed by atoms with Crippen molar-refractivity contribution in [3.8, 4) is 6.07 Å². The predicted octanol–water partition coefficient (Wildman–Crippen LogP) is 4.52. The molecule has 1 heterocycles. The molecule has 0 bridgehead atoms. The van der Waals surface area contributed by atoms with Crippen LogP contribution in [0.25, 0.3) is 10.9 Å². The Morgan fingerprint density at radius 3 is 2.57 bits per heavy atom. The van der Waals surface area contributed by atoms with Crippen LogP contribution in [-0.2, 0) is 15.6 Å². The Kier molecular flexibility index (Phi) is 5.64. The summed E-state index contributed by atoms with van der Waals surface area (Å²) in [7, 11) is -3.42. The number of rotatable bonds is 7. The highest BCUT2D eigenvalue weighted by molar-refractivity contribution is 7.92. The standard InChI is InChI=1S/C20H21ClN4O2S/c1-3-20(12-5-13-22,15-8-10-16(21)11-9-15)25-19-7-4-6-18(17(19)14-23-25)24-28(2,26)27/h4,6-11,14,24H,3,5,12H2,1-2H3. The summed E-state index contributed by atoms with van der Waals surface area (Å²) in [6, 6.07) is 15.2. The Bertz CT molecular complexity index is 1130. The molecule has 1 unspecified atom stereocenters. The minimum Gasteiger partial charge on any atom is -0.283 e. The van der Waals surface area contributed by atoms with Crippen molar-refractivity contribution >= 4 is 38.2 Å². The first-order valence-electron chi connectivity index (χ1n) is 8.89. The van der Waals surface area contributed by atoms with Gasteiger partial charge < -0.3 is 0 Å². The number of hydrogen-bond donors (Lipinski definition) is 1. The van der Waals surface area contributed by atoms with Crippen molar-refractivity contribution in [1.29, 1.82) is 5.26 Å². The van der Waals surface area contributed by atoms with Crippen LogP contribution < -0.4 is 4.72 Å². The van der Waals surface area contributed by atoms with Gasteiger partial charge in [0.05, 0.1) is 35.3 Å². The highest BCUT2D eigenvalue weighted by Crippen LogP contribution is 2.38. The third kappa shape index (κ3) is 3.84. The van der Waals surface area contributed by atoms with Gasteiger partial charge in [-0.3, -0.25) is 9.40 Å². The van der Waals surface area contributed by atoms with Crippen molar-refractivity contribution in [2.45, 2.75) is 31.7 Å². The van der Waals surface area contributed by atoms with Crippen molar-refractivity contribution in [3.63, 3.8) is 0 Å². The fourth-order valence-corrected chi connectivity index (χ4v) is 4.31. The fourth-order valence-electron chi connectivity index (χ4n) is 3.61. The molecule has 0 saturated heterocycles. The van der Waals surface area contributed by atoms with Crippen molar-refractivity contribution in [1.82, 2.24) is 9.78 Å². The van der Waals surface area contributed by atoms with Gasteiger partial charge in [-0.15, -0.1) is 0 Å². The molecule has 8 heteroatoms. The first kappa shape index (κ1) is 20.2. The van der Waals surface area contributed by atoms with Crippen LogP contribution in [0.1, 0.15) is 31.7 Å². The third-order valence-electron chi connectivity index (χ3n) is 4.93. The molecule has 0 saturated carbocycles. The van der Waals surface area contributed by atoms with Gasteiger partial charge in [0.15, 0.2) is 0 Å². The van der Waals surface area contributed by atoms with Crippen molar-refractivity contribution in [2.75, 3.05) is 11.0 Å². The summed E-state index contributed by atoms with van der Waals surface area (Å²) in [6.07, 6.45) is 4.42. The third-order valence-corrected chi connectivity index (χ3v) is 5.77. The summed E-state index contributed by atoms with van der Waals surface area (Å²) in [5.74, 6) is 0. The smallest absolute Gasteiger partial charge is 0.229 e. The molecule has 3 aromatic rings. The monoisotopic (exact) mass is 416 g/mol. The van der Waals surface area contributed by atoms with Gasteiger partial charge in [0.1, 0.15) is 0 Å². The number of hydrogen-bond acceptors (Lipinski definition) is 4. The van der Waals surface area contributed by atoms with Crippen LogP contribution in [0, 0.1) is 11.3 Å². The van der Waals surface area contributed by atoms with E-state index in [1.807, 2.05) is 35.0 Å². The molecule has 0 aliphatic rings. The molecule has 0 aliphatic carbocycles. The lowest BCUT2D eigenvalue weighted by Crippen LogP contribution is -2.35. The molecular formula is C20H21ClN4O2S. The second kappa shape index (κ2) is 7.82. The molecule has 2 aromatic carbocycles. The van der Waals surface area contributed by atoms with Crippen LogP contribution in [0.15, 0.2) is 48.7 Å². The number of halogens is 1. The first-order valence-corrected chi connectivity index (χ1v) is 11.2. The Morgan fingerprint density at radius 1 is 1.25 bits per heavy atom. The van der Waals surface area contributed by atoms with E-state index in [2.05, 4.69) is 22.8 Å². The normalized spacial score (nSPS) is 13.8. The highest BCUT2D eigenvalue weighted by Gasteiger charge is 2.34. The summed E-state index contributed by atoms with van der Waals surface area (Å²) in [6.45, 7) is 2.05. The van der Waals surface area contributed by atoms with E-state index >= 15 is 0 Å². The molecule has 146 valence electrons. The quantitative estimate of drug-likeness (QED) is 0.613. The number of aromatic nitrogens is 2. The molecule has 0 spiro atoms. The van der Waals surface area contributed by atoms with Gasteiger partial charge in [-0.05, 0) is 42.7 Å². The maximum absolute atomic E-state index is 11.7. The molecule has 3 rings (SSSR count). The van der Waals surface area contributed by atoms with Crippen LogP contribution in [0.3, 0.4) is 0 Å². The van der Waals surface area contributed by atoms with E-state index in [0.29, 0.717) is 35.4 Å². The number of nitrogens with zero attached hydrogens (tertiary/aromatic N) is 3. The number of anilines is 1. The SMILES string of the molecule is CCC(CCC#N)(c1ccc(Cl)cc1)n1ncc2c(NS(C)(=O)=O)cccc21. The fraction of sp³-hybridized carbons (Fsp3) is 0.300. The molecule has 6 nitrogen and oxygen atoms in total. The molecule has 0 radical (unpaired) electrons. The van der Waals surface area contributed by atoms with Crippen LogP contribution in [0.4, 0.5) is 5.69 Å². The van der Waals surface area contributed by atoms with Crippen molar-refractivity contribution in [3.05, 3.63) is 59.2 Å². The maximum atomic E-state index is 11.7. The zero-order chi connectivity index (χ0) is 20.4. The van der Waals surface area contributed by atoms with E-state index in [4.69, 9.17) is 11.6 Å².